The zero-order valence-corrected chi connectivity index (χ0v) is 11.3. The third kappa shape index (κ3) is 3.09. The van der Waals surface area contributed by atoms with Gasteiger partial charge in [0.15, 0.2) is 0 Å². The van der Waals surface area contributed by atoms with Gasteiger partial charge in [-0.05, 0) is 32.2 Å². The van der Waals surface area contributed by atoms with Crippen molar-refractivity contribution in [1.29, 1.82) is 0 Å². The highest BCUT2D eigenvalue weighted by Gasteiger charge is 2.21. The second-order valence-corrected chi connectivity index (χ2v) is 5.46. The van der Waals surface area contributed by atoms with Crippen molar-refractivity contribution in [2.75, 3.05) is 6.54 Å². The van der Waals surface area contributed by atoms with Gasteiger partial charge in [-0.2, -0.15) is 5.10 Å². The molecule has 0 amide bonds. The fourth-order valence-electron chi connectivity index (χ4n) is 2.84. The third-order valence-corrected chi connectivity index (χ3v) is 3.91. The summed E-state index contributed by atoms with van der Waals surface area (Å²) < 4.78 is 2.19. The van der Waals surface area contributed by atoms with Crippen LogP contribution in [-0.2, 0) is 0 Å². The highest BCUT2D eigenvalue weighted by Crippen LogP contribution is 2.32. The minimum absolute atomic E-state index is 0.412. The fourth-order valence-corrected chi connectivity index (χ4v) is 2.84. The molecule has 0 spiro atoms. The molecule has 1 heterocycles. The Hall–Kier alpha value is -0.830. The summed E-state index contributed by atoms with van der Waals surface area (Å²) in [5, 5.41) is 7.99. The SMILES string of the molecule is CCNC(C)c1cnn(C2CCCC(C)C2)c1. The largest absolute Gasteiger partial charge is 0.310 e. The second-order valence-electron chi connectivity index (χ2n) is 5.46. The highest BCUT2D eigenvalue weighted by atomic mass is 15.3. The van der Waals surface area contributed by atoms with Crippen LogP contribution in [0.4, 0.5) is 0 Å². The molecule has 0 radical (unpaired) electrons. The van der Waals surface area contributed by atoms with E-state index in [4.69, 9.17) is 0 Å². The van der Waals surface area contributed by atoms with E-state index in [1.165, 1.54) is 31.2 Å². The molecule has 0 aromatic carbocycles. The number of aromatic nitrogens is 2. The maximum Gasteiger partial charge on any atom is 0.0537 e. The highest BCUT2D eigenvalue weighted by molar-refractivity contribution is 5.09. The lowest BCUT2D eigenvalue weighted by Gasteiger charge is -2.26. The summed E-state index contributed by atoms with van der Waals surface area (Å²) in [4.78, 5) is 0. The van der Waals surface area contributed by atoms with E-state index in [-0.39, 0.29) is 0 Å². The van der Waals surface area contributed by atoms with Crippen molar-refractivity contribution in [3.05, 3.63) is 18.0 Å². The molecular weight excluding hydrogens is 210 g/mol. The predicted octanol–water partition coefficient (Wildman–Crippen LogP) is 3.30. The summed E-state index contributed by atoms with van der Waals surface area (Å²) in [6.07, 6.45) is 9.57. The van der Waals surface area contributed by atoms with Gasteiger partial charge in [-0.15, -0.1) is 0 Å². The molecule has 3 nitrogen and oxygen atoms in total. The Balaban J connectivity index is 2.02. The van der Waals surface area contributed by atoms with Crippen LogP contribution in [0.3, 0.4) is 0 Å². The molecule has 1 aromatic rings. The summed E-state index contributed by atoms with van der Waals surface area (Å²) in [5.41, 5.74) is 1.31. The number of nitrogens with one attached hydrogen (secondary N) is 1. The first kappa shape index (κ1) is 12.6. The van der Waals surface area contributed by atoms with Crippen molar-refractivity contribution < 1.29 is 0 Å². The van der Waals surface area contributed by atoms with Crippen LogP contribution in [0.2, 0.25) is 0 Å². The third-order valence-electron chi connectivity index (χ3n) is 3.91. The van der Waals surface area contributed by atoms with E-state index in [1.54, 1.807) is 0 Å². The van der Waals surface area contributed by atoms with Gasteiger partial charge in [0.2, 0.25) is 0 Å². The molecule has 1 N–H and O–H groups in total. The van der Waals surface area contributed by atoms with E-state index in [2.05, 4.69) is 42.1 Å². The summed E-state index contributed by atoms with van der Waals surface area (Å²) in [6, 6.07) is 1.04. The second kappa shape index (κ2) is 5.67. The van der Waals surface area contributed by atoms with Crippen LogP contribution < -0.4 is 5.32 Å². The molecule has 1 aliphatic carbocycles. The van der Waals surface area contributed by atoms with E-state index >= 15 is 0 Å². The van der Waals surface area contributed by atoms with Crippen molar-refractivity contribution in [2.45, 2.75) is 58.5 Å². The van der Waals surface area contributed by atoms with Crippen LogP contribution in [-0.4, -0.2) is 16.3 Å². The smallest absolute Gasteiger partial charge is 0.0537 e. The molecule has 0 saturated heterocycles. The molecule has 2 rings (SSSR count). The standard InChI is InChI=1S/C14H25N3/c1-4-15-12(3)13-9-16-17(10-13)14-7-5-6-11(2)8-14/h9-12,14-15H,4-8H2,1-3H3. The Kier molecular flexibility index (Phi) is 4.21. The molecule has 3 unspecified atom stereocenters. The van der Waals surface area contributed by atoms with Gasteiger partial charge < -0.3 is 5.32 Å². The summed E-state index contributed by atoms with van der Waals surface area (Å²) in [6.45, 7) is 7.71. The first-order chi connectivity index (χ1) is 8.20. The topological polar surface area (TPSA) is 29.9 Å². The number of hydrogen-bond acceptors (Lipinski definition) is 2. The minimum atomic E-state index is 0.412. The minimum Gasteiger partial charge on any atom is -0.310 e. The number of nitrogens with zero attached hydrogens (tertiary/aromatic N) is 2. The van der Waals surface area contributed by atoms with Crippen molar-refractivity contribution in [3.63, 3.8) is 0 Å². The Morgan fingerprint density at radius 3 is 3.06 bits per heavy atom. The van der Waals surface area contributed by atoms with Crippen molar-refractivity contribution >= 4 is 0 Å². The van der Waals surface area contributed by atoms with Crippen LogP contribution in [0.25, 0.3) is 0 Å². The van der Waals surface area contributed by atoms with Crippen molar-refractivity contribution in [1.82, 2.24) is 15.1 Å². The van der Waals surface area contributed by atoms with Gasteiger partial charge in [0.25, 0.3) is 0 Å². The maximum absolute atomic E-state index is 4.55. The Morgan fingerprint density at radius 2 is 2.35 bits per heavy atom. The van der Waals surface area contributed by atoms with Crippen molar-refractivity contribution in [2.24, 2.45) is 5.92 Å². The first-order valence-corrected chi connectivity index (χ1v) is 6.98. The molecule has 3 atom stereocenters. The molecule has 1 aromatic heterocycles. The van der Waals surface area contributed by atoms with Crippen LogP contribution in [0, 0.1) is 5.92 Å². The Labute approximate surface area is 105 Å². The summed E-state index contributed by atoms with van der Waals surface area (Å²) in [5.74, 6) is 0.854. The predicted molar refractivity (Wildman–Crippen MR) is 71.0 cm³/mol. The quantitative estimate of drug-likeness (QED) is 0.867. The van der Waals surface area contributed by atoms with Crippen LogP contribution in [0.5, 0.6) is 0 Å². The van der Waals surface area contributed by atoms with E-state index in [0.717, 1.165) is 12.5 Å². The zero-order valence-electron chi connectivity index (χ0n) is 11.3. The average molecular weight is 235 g/mol. The summed E-state index contributed by atoms with van der Waals surface area (Å²) in [7, 11) is 0. The van der Waals surface area contributed by atoms with Crippen molar-refractivity contribution in [3.8, 4) is 0 Å². The summed E-state index contributed by atoms with van der Waals surface area (Å²) >= 11 is 0. The fraction of sp³-hybridized carbons (Fsp3) is 0.786. The van der Waals surface area contributed by atoms with Gasteiger partial charge in [0.05, 0.1) is 12.2 Å². The molecule has 3 heteroatoms. The van der Waals surface area contributed by atoms with E-state index in [1.807, 2.05) is 6.20 Å². The first-order valence-electron chi connectivity index (χ1n) is 6.98. The molecule has 0 aliphatic heterocycles. The lowest BCUT2D eigenvalue weighted by Crippen LogP contribution is -2.19. The molecule has 1 aliphatic rings. The van der Waals surface area contributed by atoms with Crippen LogP contribution in [0.1, 0.15) is 64.1 Å². The molecular formula is C14H25N3. The van der Waals surface area contributed by atoms with Gasteiger partial charge in [0.1, 0.15) is 0 Å². The van der Waals surface area contributed by atoms with E-state index in [9.17, 15) is 0 Å². The molecule has 96 valence electrons. The Bertz CT molecular complexity index is 345. The lowest BCUT2D eigenvalue weighted by atomic mass is 9.87. The Morgan fingerprint density at radius 1 is 1.53 bits per heavy atom. The van der Waals surface area contributed by atoms with Gasteiger partial charge in [-0.3, -0.25) is 4.68 Å². The molecule has 1 saturated carbocycles. The molecule has 0 bridgehead atoms. The lowest BCUT2D eigenvalue weighted by molar-refractivity contribution is 0.266. The van der Waals surface area contributed by atoms with Gasteiger partial charge in [0, 0.05) is 17.8 Å². The average Bonchev–Trinajstić information content (AvgIpc) is 2.78. The molecule has 17 heavy (non-hydrogen) atoms. The zero-order chi connectivity index (χ0) is 12.3. The van der Waals surface area contributed by atoms with Crippen LogP contribution >= 0.6 is 0 Å². The normalized spacial score (nSPS) is 27.0. The maximum atomic E-state index is 4.55. The van der Waals surface area contributed by atoms with E-state index in [0.29, 0.717) is 12.1 Å². The van der Waals surface area contributed by atoms with Crippen LogP contribution in [0.15, 0.2) is 12.4 Å². The van der Waals surface area contributed by atoms with E-state index < -0.39 is 0 Å². The number of hydrogen-bond donors (Lipinski definition) is 1. The van der Waals surface area contributed by atoms with Gasteiger partial charge >= 0.3 is 0 Å². The van der Waals surface area contributed by atoms with Gasteiger partial charge in [-0.25, -0.2) is 0 Å². The molecule has 1 fully saturated rings. The number of rotatable bonds is 4. The van der Waals surface area contributed by atoms with Gasteiger partial charge in [-0.1, -0.05) is 26.7 Å². The monoisotopic (exact) mass is 235 g/mol.